The number of hydrogen-bond acceptors (Lipinski definition) is 4. The summed E-state index contributed by atoms with van der Waals surface area (Å²) < 4.78 is 0. The third kappa shape index (κ3) is 4.55. The van der Waals surface area contributed by atoms with Crippen LogP contribution in [0, 0.1) is 0 Å². The lowest BCUT2D eigenvalue weighted by atomic mass is 10.1. The lowest BCUT2D eigenvalue weighted by Crippen LogP contribution is -2.47. The van der Waals surface area contributed by atoms with Crippen molar-refractivity contribution < 1.29 is 9.59 Å². The zero-order valence-electron chi connectivity index (χ0n) is 16.3. The first-order valence-electron chi connectivity index (χ1n) is 9.64. The summed E-state index contributed by atoms with van der Waals surface area (Å²) in [5, 5.41) is 2.90. The Morgan fingerprint density at radius 3 is 2.24 bits per heavy atom. The Hall–Kier alpha value is -2.96. The minimum Gasteiger partial charge on any atom is -0.336 e. The highest BCUT2D eigenvalue weighted by molar-refractivity contribution is 7.17. The van der Waals surface area contributed by atoms with Crippen LogP contribution in [0.15, 0.2) is 66.7 Å². The van der Waals surface area contributed by atoms with Gasteiger partial charge in [0.1, 0.15) is 0 Å². The van der Waals surface area contributed by atoms with E-state index in [0.717, 1.165) is 42.3 Å². The monoisotopic (exact) mass is 405 g/mol. The molecule has 1 N–H and O–H groups in total. The quantitative estimate of drug-likeness (QED) is 0.712. The van der Waals surface area contributed by atoms with E-state index in [9.17, 15) is 9.59 Å². The van der Waals surface area contributed by atoms with Gasteiger partial charge >= 0.3 is 0 Å². The number of likely N-dealkylation sites (N-methyl/N-ethyl adjacent to an activating group) is 1. The molecule has 29 heavy (non-hydrogen) atoms. The Kier molecular flexibility index (Phi) is 5.74. The number of carbonyl (C=O) groups is 2. The number of thiophene rings is 1. The van der Waals surface area contributed by atoms with Crippen LogP contribution in [-0.2, 0) is 0 Å². The molecule has 4 rings (SSSR count). The van der Waals surface area contributed by atoms with Crippen molar-refractivity contribution in [3.05, 3.63) is 77.2 Å². The van der Waals surface area contributed by atoms with Crippen LogP contribution in [0.25, 0.3) is 10.4 Å². The van der Waals surface area contributed by atoms with Crippen LogP contribution in [0.3, 0.4) is 0 Å². The van der Waals surface area contributed by atoms with Gasteiger partial charge in [0.15, 0.2) is 0 Å². The van der Waals surface area contributed by atoms with Crippen molar-refractivity contribution in [2.75, 3.05) is 38.5 Å². The van der Waals surface area contributed by atoms with Crippen LogP contribution in [-0.4, -0.2) is 54.8 Å². The lowest BCUT2D eigenvalue weighted by molar-refractivity contribution is 0.0664. The summed E-state index contributed by atoms with van der Waals surface area (Å²) in [7, 11) is 2.08. The Labute approximate surface area is 174 Å². The van der Waals surface area contributed by atoms with Gasteiger partial charge in [-0.1, -0.05) is 30.3 Å². The molecule has 0 saturated carbocycles. The second-order valence-electron chi connectivity index (χ2n) is 7.16. The second-order valence-corrected chi connectivity index (χ2v) is 8.24. The van der Waals surface area contributed by atoms with Gasteiger partial charge < -0.3 is 15.1 Å². The zero-order chi connectivity index (χ0) is 20.2. The molecule has 1 aliphatic heterocycles. The molecule has 0 bridgehead atoms. The molecule has 1 fully saturated rings. The van der Waals surface area contributed by atoms with Crippen molar-refractivity contribution in [3.63, 3.8) is 0 Å². The molecule has 1 aliphatic rings. The van der Waals surface area contributed by atoms with Crippen molar-refractivity contribution in [1.82, 2.24) is 9.80 Å². The molecule has 2 aromatic carbocycles. The molecule has 0 unspecified atom stereocenters. The first-order chi connectivity index (χ1) is 14.1. The molecular formula is C23H23N3O2S. The van der Waals surface area contributed by atoms with E-state index in [-0.39, 0.29) is 11.8 Å². The van der Waals surface area contributed by atoms with Crippen molar-refractivity contribution in [2.45, 2.75) is 0 Å². The minimum absolute atomic E-state index is 0.0822. The maximum atomic E-state index is 12.7. The fourth-order valence-corrected chi connectivity index (χ4v) is 4.21. The molecule has 1 saturated heterocycles. The molecule has 0 radical (unpaired) electrons. The van der Waals surface area contributed by atoms with Gasteiger partial charge in [0.2, 0.25) is 0 Å². The largest absolute Gasteiger partial charge is 0.336 e. The summed E-state index contributed by atoms with van der Waals surface area (Å²) >= 11 is 1.44. The highest BCUT2D eigenvalue weighted by Crippen LogP contribution is 2.29. The van der Waals surface area contributed by atoms with E-state index in [0.29, 0.717) is 10.4 Å². The van der Waals surface area contributed by atoms with Crippen LogP contribution in [0.2, 0.25) is 0 Å². The molecule has 6 heteroatoms. The van der Waals surface area contributed by atoms with E-state index in [1.54, 1.807) is 0 Å². The molecule has 0 atom stereocenters. The number of carbonyl (C=O) groups excluding carboxylic acids is 2. The number of anilines is 1. The van der Waals surface area contributed by atoms with Crippen molar-refractivity contribution in [2.24, 2.45) is 0 Å². The summed E-state index contributed by atoms with van der Waals surface area (Å²) in [5.74, 6) is -0.0342. The first kappa shape index (κ1) is 19.4. The lowest BCUT2D eigenvalue weighted by Gasteiger charge is -2.32. The number of para-hydroxylation sites is 1. The predicted octanol–water partition coefficient (Wildman–Crippen LogP) is 4.06. The molecule has 0 aliphatic carbocycles. The highest BCUT2D eigenvalue weighted by Gasteiger charge is 2.20. The summed E-state index contributed by atoms with van der Waals surface area (Å²) in [5.41, 5.74) is 2.49. The van der Waals surface area contributed by atoms with Crippen molar-refractivity contribution in [1.29, 1.82) is 0 Å². The molecule has 1 aromatic heterocycles. The molecule has 2 amide bonds. The second kappa shape index (κ2) is 8.59. The highest BCUT2D eigenvalue weighted by atomic mass is 32.1. The third-order valence-electron chi connectivity index (χ3n) is 5.07. The number of nitrogens with one attached hydrogen (secondary N) is 1. The fraction of sp³-hybridized carbons (Fsp3) is 0.217. The molecular weight excluding hydrogens is 382 g/mol. The number of hydrogen-bond donors (Lipinski definition) is 1. The number of benzene rings is 2. The smallest absolute Gasteiger partial charge is 0.265 e. The average molecular weight is 406 g/mol. The Morgan fingerprint density at radius 2 is 1.55 bits per heavy atom. The van der Waals surface area contributed by atoms with Gasteiger partial charge in [0, 0.05) is 42.3 Å². The topological polar surface area (TPSA) is 52.7 Å². The van der Waals surface area contributed by atoms with E-state index < -0.39 is 0 Å². The summed E-state index contributed by atoms with van der Waals surface area (Å²) in [4.78, 5) is 30.9. The SMILES string of the molecule is CN1CCN(C(=O)c2ccc(-c3ccc(C(=O)Nc4ccccc4)s3)cc2)CC1. The van der Waals surface area contributed by atoms with E-state index in [1.165, 1.54) is 11.3 Å². The van der Waals surface area contributed by atoms with Crippen LogP contribution >= 0.6 is 11.3 Å². The van der Waals surface area contributed by atoms with Crippen LogP contribution in [0.5, 0.6) is 0 Å². The van der Waals surface area contributed by atoms with Gasteiger partial charge in [-0.15, -0.1) is 11.3 Å². The number of piperazine rings is 1. The Morgan fingerprint density at radius 1 is 0.862 bits per heavy atom. The standard InChI is InChI=1S/C23H23N3O2S/c1-25-13-15-26(16-14-25)23(28)18-9-7-17(8-10-18)20-11-12-21(29-20)22(27)24-19-5-3-2-4-6-19/h2-12H,13-16H2,1H3,(H,24,27). The van der Waals surface area contributed by atoms with Gasteiger partial charge in [-0.2, -0.15) is 0 Å². The van der Waals surface area contributed by atoms with E-state index in [2.05, 4.69) is 17.3 Å². The van der Waals surface area contributed by atoms with Crippen molar-refractivity contribution in [3.8, 4) is 10.4 Å². The number of rotatable bonds is 4. The van der Waals surface area contributed by atoms with Gasteiger partial charge in [0.05, 0.1) is 4.88 Å². The molecule has 3 aromatic rings. The normalized spacial score (nSPS) is 14.6. The maximum absolute atomic E-state index is 12.7. The molecule has 2 heterocycles. The van der Waals surface area contributed by atoms with Gasteiger partial charge in [-0.3, -0.25) is 9.59 Å². The van der Waals surface area contributed by atoms with E-state index >= 15 is 0 Å². The van der Waals surface area contributed by atoms with E-state index in [4.69, 9.17) is 0 Å². The molecule has 0 spiro atoms. The predicted molar refractivity (Wildman–Crippen MR) is 118 cm³/mol. The van der Waals surface area contributed by atoms with Gasteiger partial charge in [-0.05, 0) is 49.0 Å². The van der Waals surface area contributed by atoms with Crippen LogP contribution < -0.4 is 5.32 Å². The van der Waals surface area contributed by atoms with E-state index in [1.807, 2.05) is 71.6 Å². The molecule has 148 valence electrons. The average Bonchev–Trinajstić information content (AvgIpc) is 3.25. The summed E-state index contributed by atoms with van der Waals surface area (Å²) in [6.07, 6.45) is 0. The van der Waals surface area contributed by atoms with Crippen LogP contribution in [0.1, 0.15) is 20.0 Å². The maximum Gasteiger partial charge on any atom is 0.265 e. The third-order valence-corrected chi connectivity index (χ3v) is 6.20. The Balaban J connectivity index is 1.43. The first-order valence-corrected chi connectivity index (χ1v) is 10.5. The van der Waals surface area contributed by atoms with Gasteiger partial charge in [-0.25, -0.2) is 0 Å². The number of amides is 2. The van der Waals surface area contributed by atoms with Gasteiger partial charge in [0.25, 0.3) is 11.8 Å². The van der Waals surface area contributed by atoms with Crippen LogP contribution in [0.4, 0.5) is 5.69 Å². The summed E-state index contributed by atoms with van der Waals surface area (Å²) in [6.45, 7) is 3.35. The fourth-order valence-electron chi connectivity index (χ4n) is 3.30. The minimum atomic E-state index is -0.116. The molecule has 5 nitrogen and oxygen atoms in total. The zero-order valence-corrected chi connectivity index (χ0v) is 17.1. The Bertz CT molecular complexity index is 990. The summed E-state index contributed by atoms with van der Waals surface area (Å²) in [6, 6.07) is 20.9. The number of nitrogens with zero attached hydrogens (tertiary/aromatic N) is 2. The van der Waals surface area contributed by atoms with Crippen molar-refractivity contribution >= 4 is 28.8 Å².